The lowest BCUT2D eigenvalue weighted by Gasteiger charge is -2.33. The van der Waals surface area contributed by atoms with Crippen molar-refractivity contribution in [1.29, 1.82) is 0 Å². The van der Waals surface area contributed by atoms with Gasteiger partial charge in [-0.3, -0.25) is 4.98 Å². The molecule has 122 valence electrons. The Hall–Kier alpha value is -0.930. The van der Waals surface area contributed by atoms with Crippen molar-refractivity contribution in [3.63, 3.8) is 0 Å². The molecule has 0 spiro atoms. The number of nitrogens with zero attached hydrogens (tertiary/aromatic N) is 2. The van der Waals surface area contributed by atoms with Gasteiger partial charge in [-0.1, -0.05) is 19.3 Å². The van der Waals surface area contributed by atoms with Gasteiger partial charge in [-0.2, -0.15) is 0 Å². The van der Waals surface area contributed by atoms with E-state index >= 15 is 0 Å². The lowest BCUT2D eigenvalue weighted by molar-refractivity contribution is 0.193. The Balaban J connectivity index is 1.30. The Bertz CT molecular complexity index is 406. The molecule has 1 aromatic rings. The lowest BCUT2D eigenvalue weighted by Crippen LogP contribution is -2.44. The van der Waals surface area contributed by atoms with Crippen LogP contribution in [0.4, 0.5) is 0 Å². The van der Waals surface area contributed by atoms with Gasteiger partial charge in [-0.05, 0) is 75.4 Å². The van der Waals surface area contributed by atoms with Crippen molar-refractivity contribution < 1.29 is 0 Å². The second-order valence-corrected chi connectivity index (χ2v) is 7.13. The lowest BCUT2D eigenvalue weighted by atomic mass is 9.89. The zero-order chi connectivity index (χ0) is 15.0. The molecule has 1 aliphatic heterocycles. The molecule has 0 bridgehead atoms. The second-order valence-electron chi connectivity index (χ2n) is 7.13. The fourth-order valence-corrected chi connectivity index (χ4v) is 3.92. The summed E-state index contributed by atoms with van der Waals surface area (Å²) in [6, 6.07) is 5.04. The SMILES string of the molecule is c1cc(CCN2CCC(NCC3CCCCC3)CC2)ccn1. The molecule has 3 nitrogen and oxygen atoms in total. The van der Waals surface area contributed by atoms with E-state index in [4.69, 9.17) is 0 Å². The van der Waals surface area contributed by atoms with Crippen molar-refractivity contribution in [2.75, 3.05) is 26.2 Å². The van der Waals surface area contributed by atoms with Crippen molar-refractivity contribution in [3.05, 3.63) is 30.1 Å². The number of nitrogens with one attached hydrogen (secondary N) is 1. The van der Waals surface area contributed by atoms with Crippen molar-refractivity contribution in [2.24, 2.45) is 5.92 Å². The van der Waals surface area contributed by atoms with E-state index < -0.39 is 0 Å². The molecule has 1 N–H and O–H groups in total. The highest BCUT2D eigenvalue weighted by atomic mass is 15.1. The van der Waals surface area contributed by atoms with Crippen molar-refractivity contribution >= 4 is 0 Å². The van der Waals surface area contributed by atoms with Gasteiger partial charge in [0.2, 0.25) is 0 Å². The fraction of sp³-hybridized carbons (Fsp3) is 0.737. The largest absolute Gasteiger partial charge is 0.314 e. The summed E-state index contributed by atoms with van der Waals surface area (Å²) in [5.74, 6) is 0.957. The van der Waals surface area contributed by atoms with Crippen LogP contribution in [-0.4, -0.2) is 42.1 Å². The zero-order valence-corrected chi connectivity index (χ0v) is 13.8. The van der Waals surface area contributed by atoms with Crippen LogP contribution < -0.4 is 5.32 Å². The molecule has 1 saturated heterocycles. The first-order valence-corrected chi connectivity index (χ1v) is 9.25. The third kappa shape index (κ3) is 5.06. The van der Waals surface area contributed by atoms with E-state index in [2.05, 4.69) is 27.3 Å². The molecule has 2 aliphatic rings. The average molecular weight is 301 g/mol. The minimum atomic E-state index is 0.763. The number of hydrogen-bond acceptors (Lipinski definition) is 3. The molecule has 0 atom stereocenters. The summed E-state index contributed by atoms with van der Waals surface area (Å²) in [5, 5.41) is 3.85. The van der Waals surface area contributed by atoms with Crippen LogP contribution in [0.2, 0.25) is 0 Å². The number of rotatable bonds is 6. The van der Waals surface area contributed by atoms with Crippen molar-refractivity contribution in [3.8, 4) is 0 Å². The van der Waals surface area contributed by atoms with Gasteiger partial charge in [0.1, 0.15) is 0 Å². The number of piperidine rings is 1. The number of hydrogen-bond donors (Lipinski definition) is 1. The van der Waals surface area contributed by atoms with Crippen LogP contribution in [0.15, 0.2) is 24.5 Å². The Morgan fingerprint density at radius 2 is 1.73 bits per heavy atom. The highest BCUT2D eigenvalue weighted by molar-refractivity contribution is 5.09. The maximum atomic E-state index is 4.09. The summed E-state index contributed by atoms with van der Waals surface area (Å²) >= 11 is 0. The molecule has 3 heteroatoms. The van der Waals surface area contributed by atoms with Gasteiger partial charge < -0.3 is 10.2 Å². The predicted molar refractivity (Wildman–Crippen MR) is 92.0 cm³/mol. The molecule has 22 heavy (non-hydrogen) atoms. The van der Waals surface area contributed by atoms with Crippen LogP contribution in [0, 0.1) is 5.92 Å². The Morgan fingerprint density at radius 1 is 1.00 bits per heavy atom. The number of likely N-dealkylation sites (tertiary alicyclic amines) is 1. The van der Waals surface area contributed by atoms with E-state index in [1.165, 1.54) is 76.7 Å². The Morgan fingerprint density at radius 3 is 2.45 bits per heavy atom. The third-order valence-electron chi connectivity index (χ3n) is 5.47. The van der Waals surface area contributed by atoms with Gasteiger partial charge >= 0.3 is 0 Å². The van der Waals surface area contributed by atoms with Crippen molar-refractivity contribution in [1.82, 2.24) is 15.2 Å². The molecule has 3 rings (SSSR count). The van der Waals surface area contributed by atoms with Gasteiger partial charge in [0.05, 0.1) is 0 Å². The molecular formula is C19H31N3. The minimum absolute atomic E-state index is 0.763. The van der Waals surface area contributed by atoms with Crippen LogP contribution in [0.1, 0.15) is 50.5 Å². The van der Waals surface area contributed by atoms with E-state index in [9.17, 15) is 0 Å². The zero-order valence-electron chi connectivity index (χ0n) is 13.8. The van der Waals surface area contributed by atoms with Gasteiger partial charge in [0.15, 0.2) is 0 Å². The van der Waals surface area contributed by atoms with E-state index in [1.54, 1.807) is 0 Å². The molecule has 0 unspecified atom stereocenters. The number of pyridine rings is 1. The second kappa shape index (κ2) is 8.64. The van der Waals surface area contributed by atoms with Crippen LogP contribution in [0.5, 0.6) is 0 Å². The van der Waals surface area contributed by atoms with Gasteiger partial charge in [0, 0.05) is 25.0 Å². The minimum Gasteiger partial charge on any atom is -0.314 e. The first kappa shape index (κ1) is 15.9. The normalized spacial score (nSPS) is 22.0. The van der Waals surface area contributed by atoms with E-state index in [-0.39, 0.29) is 0 Å². The first-order chi connectivity index (χ1) is 10.9. The van der Waals surface area contributed by atoms with Gasteiger partial charge in [0.25, 0.3) is 0 Å². The topological polar surface area (TPSA) is 28.2 Å². The van der Waals surface area contributed by atoms with Gasteiger partial charge in [-0.25, -0.2) is 0 Å². The number of aromatic nitrogens is 1. The molecule has 1 saturated carbocycles. The van der Waals surface area contributed by atoms with Crippen LogP contribution >= 0.6 is 0 Å². The molecule has 0 amide bonds. The summed E-state index contributed by atoms with van der Waals surface area (Å²) in [4.78, 5) is 6.71. The monoisotopic (exact) mass is 301 g/mol. The van der Waals surface area contributed by atoms with E-state index in [1.807, 2.05) is 12.4 Å². The maximum absolute atomic E-state index is 4.09. The molecule has 1 aromatic heterocycles. The van der Waals surface area contributed by atoms with Crippen molar-refractivity contribution in [2.45, 2.75) is 57.4 Å². The summed E-state index contributed by atoms with van der Waals surface area (Å²) < 4.78 is 0. The highest BCUT2D eigenvalue weighted by Crippen LogP contribution is 2.23. The molecule has 2 heterocycles. The van der Waals surface area contributed by atoms with E-state index in [0.29, 0.717) is 0 Å². The van der Waals surface area contributed by atoms with Crippen LogP contribution in [-0.2, 0) is 6.42 Å². The molecule has 0 aromatic carbocycles. The predicted octanol–water partition coefficient (Wildman–Crippen LogP) is 3.26. The summed E-state index contributed by atoms with van der Waals surface area (Å²) in [7, 11) is 0. The average Bonchev–Trinajstić information content (AvgIpc) is 2.61. The molecule has 0 radical (unpaired) electrons. The Labute approximate surface area is 135 Å². The smallest absolute Gasteiger partial charge is 0.0270 e. The van der Waals surface area contributed by atoms with Gasteiger partial charge in [-0.15, -0.1) is 0 Å². The fourth-order valence-electron chi connectivity index (χ4n) is 3.92. The summed E-state index contributed by atoms with van der Waals surface area (Å²) in [5.41, 5.74) is 1.41. The standard InChI is InChI=1S/C19H31N3/c1-2-4-18(5-3-1)16-21-19-9-14-22(15-10-19)13-8-17-6-11-20-12-7-17/h6-7,11-12,18-19,21H,1-5,8-10,13-16H2. The third-order valence-corrected chi connectivity index (χ3v) is 5.47. The summed E-state index contributed by atoms with van der Waals surface area (Å²) in [6.45, 7) is 4.97. The molecule has 1 aliphatic carbocycles. The van der Waals surface area contributed by atoms with E-state index in [0.717, 1.165) is 18.4 Å². The highest BCUT2D eigenvalue weighted by Gasteiger charge is 2.20. The van der Waals surface area contributed by atoms with Crippen LogP contribution in [0.25, 0.3) is 0 Å². The molecule has 2 fully saturated rings. The summed E-state index contributed by atoms with van der Waals surface area (Å²) in [6.07, 6.45) is 14.9. The quantitative estimate of drug-likeness (QED) is 0.874. The Kier molecular flexibility index (Phi) is 6.26. The first-order valence-electron chi connectivity index (χ1n) is 9.25. The maximum Gasteiger partial charge on any atom is 0.0270 e. The molecular weight excluding hydrogens is 270 g/mol. The van der Waals surface area contributed by atoms with Crippen LogP contribution in [0.3, 0.4) is 0 Å².